The maximum absolute atomic E-state index is 12.8. The van der Waals surface area contributed by atoms with Gasteiger partial charge in [-0.2, -0.15) is 0 Å². The highest BCUT2D eigenvalue weighted by Crippen LogP contribution is 2.29. The van der Waals surface area contributed by atoms with E-state index in [0.29, 0.717) is 27.8 Å². The number of carbonyl (C=O) groups is 2. The van der Waals surface area contributed by atoms with Gasteiger partial charge < -0.3 is 5.32 Å². The Labute approximate surface area is 171 Å². The van der Waals surface area contributed by atoms with Crippen LogP contribution in [0.5, 0.6) is 0 Å². The van der Waals surface area contributed by atoms with Crippen molar-refractivity contribution in [3.63, 3.8) is 0 Å². The van der Waals surface area contributed by atoms with E-state index in [1.54, 1.807) is 12.3 Å². The lowest BCUT2D eigenvalue weighted by Crippen LogP contribution is -2.21. The second-order valence-corrected chi connectivity index (χ2v) is 7.65. The van der Waals surface area contributed by atoms with Crippen LogP contribution < -0.4 is 5.32 Å². The zero-order valence-corrected chi connectivity index (χ0v) is 18.2. The molecule has 0 fully saturated rings. The highest BCUT2D eigenvalue weighted by molar-refractivity contribution is 14.1. The van der Waals surface area contributed by atoms with Crippen LogP contribution in [-0.4, -0.2) is 22.0 Å². The lowest BCUT2D eigenvalue weighted by atomic mass is 9.90. The summed E-state index contributed by atoms with van der Waals surface area (Å²) < 4.78 is 1.52. The number of aromatic nitrogens is 1. The fraction of sp³-hybridized carbons (Fsp3) is 0.235. The van der Waals surface area contributed by atoms with Gasteiger partial charge >= 0.3 is 0 Å². The van der Waals surface area contributed by atoms with Crippen LogP contribution in [-0.2, 0) is 4.79 Å². The van der Waals surface area contributed by atoms with Gasteiger partial charge in [0.1, 0.15) is 4.60 Å². The molecule has 1 atom stereocenters. The van der Waals surface area contributed by atoms with Gasteiger partial charge in [-0.1, -0.05) is 22.9 Å². The first-order chi connectivity index (χ1) is 11.5. The van der Waals surface area contributed by atoms with E-state index in [1.165, 1.54) is 0 Å². The van der Waals surface area contributed by atoms with Crippen LogP contribution in [0.4, 0.5) is 5.69 Å². The van der Waals surface area contributed by atoms with Gasteiger partial charge in [-0.25, -0.2) is 4.98 Å². The van der Waals surface area contributed by atoms with Crippen molar-refractivity contribution < 1.29 is 9.59 Å². The van der Waals surface area contributed by atoms with Gasteiger partial charge in [-0.05, 0) is 80.8 Å². The van der Waals surface area contributed by atoms with E-state index < -0.39 is 0 Å². The number of hydrogen-bond donors (Lipinski definition) is 1. The first-order valence-electron chi connectivity index (χ1n) is 7.27. The molecule has 0 aliphatic carbocycles. The fourth-order valence-electron chi connectivity index (χ4n) is 2.41. The monoisotopic (exact) mass is 564 g/mol. The first kappa shape index (κ1) is 19.5. The molecule has 0 spiro atoms. The standard InChI is InChI=1S/C17H15Br2IN2O2/c1-2-12(14(23)9-18)13-7-8-21-16(19)15(13)17(24)22-11-5-3-10(20)4-6-11/h3-8,12H,2,9H2,1H3,(H,22,24). The topological polar surface area (TPSA) is 59.1 Å². The van der Waals surface area contributed by atoms with E-state index in [-0.39, 0.29) is 22.9 Å². The van der Waals surface area contributed by atoms with Crippen molar-refractivity contribution in [3.05, 3.63) is 55.8 Å². The minimum absolute atomic E-state index is 0.0407. The highest BCUT2D eigenvalue weighted by atomic mass is 127. The molecule has 1 aromatic carbocycles. The van der Waals surface area contributed by atoms with Crippen molar-refractivity contribution in [1.29, 1.82) is 0 Å². The van der Waals surface area contributed by atoms with Crippen molar-refractivity contribution in [1.82, 2.24) is 4.98 Å². The van der Waals surface area contributed by atoms with Crippen molar-refractivity contribution in [3.8, 4) is 0 Å². The summed E-state index contributed by atoms with van der Waals surface area (Å²) in [6.45, 7) is 1.93. The van der Waals surface area contributed by atoms with Crippen molar-refractivity contribution in [2.45, 2.75) is 19.3 Å². The molecule has 0 aliphatic rings. The SMILES string of the molecule is CCC(C(=O)CBr)c1ccnc(Br)c1C(=O)Nc1ccc(I)cc1. The summed E-state index contributed by atoms with van der Waals surface area (Å²) in [5, 5.41) is 3.12. The molecule has 1 aromatic heterocycles. The van der Waals surface area contributed by atoms with Crippen LogP contribution in [0.25, 0.3) is 0 Å². The molecule has 126 valence electrons. The molecule has 0 aliphatic heterocycles. The number of Topliss-reactive ketones (excluding diaryl/α,β-unsaturated/α-hetero) is 1. The molecular weight excluding hydrogens is 551 g/mol. The van der Waals surface area contributed by atoms with Gasteiger partial charge in [0.05, 0.1) is 10.9 Å². The Morgan fingerprint density at radius 1 is 1.25 bits per heavy atom. The number of nitrogens with one attached hydrogen (secondary N) is 1. The summed E-state index contributed by atoms with van der Waals surface area (Å²) >= 11 is 8.77. The number of anilines is 1. The van der Waals surface area contributed by atoms with Crippen LogP contribution >= 0.6 is 54.5 Å². The van der Waals surface area contributed by atoms with Gasteiger partial charge in [0, 0.05) is 21.4 Å². The van der Waals surface area contributed by atoms with Crippen LogP contribution in [0.1, 0.15) is 35.2 Å². The molecule has 1 heterocycles. The van der Waals surface area contributed by atoms with Crippen molar-refractivity contribution in [2.75, 3.05) is 10.6 Å². The lowest BCUT2D eigenvalue weighted by molar-refractivity contribution is -0.118. The second kappa shape index (κ2) is 9.05. The third-order valence-corrected chi connectivity index (χ3v) is 5.44. The van der Waals surface area contributed by atoms with Crippen LogP contribution in [0.15, 0.2) is 41.1 Å². The summed E-state index contributed by atoms with van der Waals surface area (Å²) in [6, 6.07) is 9.24. The van der Waals surface area contributed by atoms with E-state index in [2.05, 4.69) is 64.8 Å². The molecule has 0 saturated carbocycles. The zero-order chi connectivity index (χ0) is 17.7. The van der Waals surface area contributed by atoms with E-state index in [1.807, 2.05) is 31.2 Å². The Hall–Kier alpha value is -0.800. The second-order valence-electron chi connectivity index (χ2n) is 5.09. The minimum atomic E-state index is -0.346. The third-order valence-electron chi connectivity index (χ3n) is 3.57. The predicted octanol–water partition coefficient (Wildman–Crippen LogP) is 5.16. The molecule has 0 saturated heterocycles. The average molecular weight is 566 g/mol. The van der Waals surface area contributed by atoms with Gasteiger partial charge in [0.15, 0.2) is 5.78 Å². The fourth-order valence-corrected chi connectivity index (χ4v) is 3.68. The Balaban J connectivity index is 2.39. The Bertz CT molecular complexity index is 751. The van der Waals surface area contributed by atoms with Crippen LogP contribution in [0.3, 0.4) is 0 Å². The number of ketones is 1. The van der Waals surface area contributed by atoms with E-state index in [9.17, 15) is 9.59 Å². The summed E-state index contributed by atoms with van der Waals surface area (Å²) in [5.74, 6) is -0.591. The first-order valence-corrected chi connectivity index (χ1v) is 10.3. The minimum Gasteiger partial charge on any atom is -0.322 e. The summed E-state index contributed by atoms with van der Waals surface area (Å²) in [5.41, 5.74) is 1.78. The Morgan fingerprint density at radius 2 is 1.92 bits per heavy atom. The normalized spacial score (nSPS) is 11.8. The summed E-state index contributed by atoms with van der Waals surface area (Å²) in [4.78, 5) is 29.1. The molecule has 1 N–H and O–H groups in total. The molecule has 0 radical (unpaired) electrons. The van der Waals surface area contributed by atoms with Gasteiger partial charge in [0.25, 0.3) is 5.91 Å². The molecule has 0 bridgehead atoms. The van der Waals surface area contributed by atoms with Gasteiger partial charge in [-0.3, -0.25) is 9.59 Å². The number of rotatable bonds is 6. The van der Waals surface area contributed by atoms with Crippen molar-refractivity contribution in [2.24, 2.45) is 0 Å². The quantitative estimate of drug-likeness (QED) is 0.299. The molecular formula is C17H15Br2IN2O2. The zero-order valence-electron chi connectivity index (χ0n) is 12.9. The molecule has 4 nitrogen and oxygen atoms in total. The van der Waals surface area contributed by atoms with E-state index in [4.69, 9.17) is 0 Å². The number of nitrogens with zero attached hydrogens (tertiary/aromatic N) is 1. The summed E-state index contributed by atoms with van der Waals surface area (Å²) in [6.07, 6.45) is 2.22. The largest absolute Gasteiger partial charge is 0.322 e. The number of amides is 1. The van der Waals surface area contributed by atoms with E-state index >= 15 is 0 Å². The number of alkyl halides is 1. The molecule has 1 unspecified atom stereocenters. The number of halogens is 3. The maximum atomic E-state index is 12.8. The summed E-state index contributed by atoms with van der Waals surface area (Å²) in [7, 11) is 0. The molecule has 2 rings (SSSR count). The number of pyridine rings is 1. The number of hydrogen-bond acceptors (Lipinski definition) is 3. The molecule has 24 heavy (non-hydrogen) atoms. The number of carbonyl (C=O) groups excluding carboxylic acids is 2. The van der Waals surface area contributed by atoms with Crippen molar-refractivity contribution >= 4 is 71.8 Å². The predicted molar refractivity (Wildman–Crippen MR) is 111 cm³/mol. The smallest absolute Gasteiger partial charge is 0.258 e. The van der Waals surface area contributed by atoms with E-state index in [0.717, 1.165) is 3.57 Å². The lowest BCUT2D eigenvalue weighted by Gasteiger charge is -2.18. The van der Waals surface area contributed by atoms with Gasteiger partial charge in [0.2, 0.25) is 0 Å². The maximum Gasteiger partial charge on any atom is 0.258 e. The Morgan fingerprint density at radius 3 is 2.50 bits per heavy atom. The van der Waals surface area contributed by atoms with Crippen LogP contribution in [0, 0.1) is 3.57 Å². The van der Waals surface area contributed by atoms with Crippen LogP contribution in [0.2, 0.25) is 0 Å². The number of benzene rings is 1. The Kier molecular flexibility index (Phi) is 7.36. The molecule has 2 aromatic rings. The highest BCUT2D eigenvalue weighted by Gasteiger charge is 2.25. The molecule has 1 amide bonds. The third kappa shape index (κ3) is 4.64. The average Bonchev–Trinajstić information content (AvgIpc) is 2.57. The molecule has 7 heteroatoms. The van der Waals surface area contributed by atoms with Gasteiger partial charge in [-0.15, -0.1) is 0 Å².